The fraction of sp³-hybridized carbons (Fsp3) is 0.400. The average molecular weight is 333 g/mol. The summed E-state index contributed by atoms with van der Waals surface area (Å²) in [6.45, 7) is 5.23. The minimum absolute atomic E-state index is 0.264. The van der Waals surface area contributed by atoms with E-state index >= 15 is 0 Å². The molecular formula is C15H19N5O2S. The van der Waals surface area contributed by atoms with Crippen LogP contribution in [0, 0.1) is 6.92 Å². The van der Waals surface area contributed by atoms with E-state index in [1.165, 1.54) is 11.3 Å². The van der Waals surface area contributed by atoms with Gasteiger partial charge in [0.25, 0.3) is 0 Å². The van der Waals surface area contributed by atoms with Gasteiger partial charge in [-0.3, -0.25) is 0 Å². The molecule has 2 N–H and O–H groups in total. The number of urea groups is 1. The first-order chi connectivity index (χ1) is 11.2. The lowest BCUT2D eigenvalue weighted by atomic mass is 10.3. The van der Waals surface area contributed by atoms with Crippen LogP contribution in [0.25, 0.3) is 0 Å². The summed E-state index contributed by atoms with van der Waals surface area (Å²) in [4.78, 5) is 22.9. The van der Waals surface area contributed by atoms with Crippen molar-refractivity contribution in [3.8, 4) is 0 Å². The van der Waals surface area contributed by atoms with Gasteiger partial charge in [-0.25, -0.2) is 14.8 Å². The number of morpholine rings is 1. The summed E-state index contributed by atoms with van der Waals surface area (Å²) in [5.41, 5.74) is 1.66. The van der Waals surface area contributed by atoms with Gasteiger partial charge in [0.05, 0.1) is 25.4 Å². The predicted molar refractivity (Wildman–Crippen MR) is 90.0 cm³/mol. The van der Waals surface area contributed by atoms with E-state index in [9.17, 15) is 4.79 Å². The van der Waals surface area contributed by atoms with Crippen LogP contribution in [0.2, 0.25) is 0 Å². The second-order valence-electron chi connectivity index (χ2n) is 5.16. The Hall–Kier alpha value is -2.19. The molecule has 2 aromatic rings. The van der Waals surface area contributed by atoms with Crippen molar-refractivity contribution in [1.29, 1.82) is 0 Å². The molecule has 122 valence electrons. The van der Waals surface area contributed by atoms with Gasteiger partial charge in [-0.2, -0.15) is 0 Å². The van der Waals surface area contributed by atoms with E-state index in [2.05, 4.69) is 25.5 Å². The maximum absolute atomic E-state index is 12.1. The topological polar surface area (TPSA) is 79.4 Å². The molecule has 0 aromatic carbocycles. The lowest BCUT2D eigenvalue weighted by Gasteiger charge is -2.29. The molecule has 8 heteroatoms. The molecule has 0 saturated carbocycles. The third kappa shape index (κ3) is 4.17. The van der Waals surface area contributed by atoms with E-state index < -0.39 is 0 Å². The van der Waals surface area contributed by atoms with Crippen molar-refractivity contribution in [2.45, 2.75) is 13.5 Å². The second kappa shape index (κ2) is 7.38. The highest BCUT2D eigenvalue weighted by Gasteiger charge is 2.17. The van der Waals surface area contributed by atoms with Crippen molar-refractivity contribution in [2.24, 2.45) is 0 Å². The summed E-state index contributed by atoms with van der Waals surface area (Å²) in [5, 5.41) is 8.54. The smallest absolute Gasteiger partial charge is 0.319 e. The third-order valence-corrected chi connectivity index (χ3v) is 4.38. The Morgan fingerprint density at radius 1 is 1.43 bits per heavy atom. The van der Waals surface area contributed by atoms with E-state index in [4.69, 9.17) is 4.74 Å². The van der Waals surface area contributed by atoms with E-state index in [0.717, 1.165) is 29.6 Å². The van der Waals surface area contributed by atoms with Crippen LogP contribution >= 0.6 is 11.3 Å². The number of rotatable bonds is 4. The van der Waals surface area contributed by atoms with Gasteiger partial charge in [-0.1, -0.05) is 0 Å². The number of amides is 2. The van der Waals surface area contributed by atoms with Gasteiger partial charge < -0.3 is 20.3 Å². The van der Waals surface area contributed by atoms with E-state index in [1.54, 1.807) is 6.20 Å². The first kappa shape index (κ1) is 15.7. The van der Waals surface area contributed by atoms with Crippen molar-refractivity contribution in [3.63, 3.8) is 0 Å². The van der Waals surface area contributed by atoms with Gasteiger partial charge in [0, 0.05) is 30.4 Å². The Kier molecular flexibility index (Phi) is 5.04. The summed E-state index contributed by atoms with van der Waals surface area (Å²) in [5.74, 6) is 0.774. The van der Waals surface area contributed by atoms with Gasteiger partial charge >= 0.3 is 6.03 Å². The number of carbonyl (C=O) groups excluding carboxylic acids is 1. The van der Waals surface area contributed by atoms with Gasteiger partial charge in [0.1, 0.15) is 5.01 Å². The summed E-state index contributed by atoms with van der Waals surface area (Å²) in [7, 11) is 0. The molecule has 7 nitrogen and oxygen atoms in total. The van der Waals surface area contributed by atoms with Crippen LogP contribution in [-0.2, 0) is 11.3 Å². The minimum atomic E-state index is -0.264. The van der Waals surface area contributed by atoms with Crippen LogP contribution in [0.1, 0.15) is 10.7 Å². The molecule has 0 spiro atoms. The molecule has 0 radical (unpaired) electrons. The largest absolute Gasteiger partial charge is 0.378 e. The zero-order valence-electron chi connectivity index (χ0n) is 12.9. The van der Waals surface area contributed by atoms with Gasteiger partial charge in [0.2, 0.25) is 0 Å². The number of aryl methyl sites for hydroxylation is 1. The van der Waals surface area contributed by atoms with Crippen LogP contribution in [0.4, 0.5) is 16.3 Å². The number of nitrogens with one attached hydrogen (secondary N) is 2. The zero-order valence-corrected chi connectivity index (χ0v) is 13.7. The highest BCUT2D eigenvalue weighted by Crippen LogP contribution is 2.23. The number of carbonyl (C=O) groups is 1. The van der Waals surface area contributed by atoms with E-state index in [1.807, 2.05) is 24.4 Å². The zero-order chi connectivity index (χ0) is 16.1. The minimum Gasteiger partial charge on any atom is -0.378 e. The van der Waals surface area contributed by atoms with Crippen LogP contribution in [0.15, 0.2) is 23.7 Å². The molecule has 1 fully saturated rings. The highest BCUT2D eigenvalue weighted by atomic mass is 32.1. The first-order valence-corrected chi connectivity index (χ1v) is 8.34. The molecular weight excluding hydrogens is 314 g/mol. The summed E-state index contributed by atoms with van der Waals surface area (Å²) in [6, 6.07) is 3.40. The van der Waals surface area contributed by atoms with Gasteiger partial charge in [0.15, 0.2) is 5.82 Å². The first-order valence-electron chi connectivity index (χ1n) is 7.46. The normalized spacial score (nSPS) is 14.6. The molecule has 1 saturated heterocycles. The maximum Gasteiger partial charge on any atom is 0.319 e. The molecule has 2 amide bonds. The quantitative estimate of drug-likeness (QED) is 0.895. The van der Waals surface area contributed by atoms with Crippen molar-refractivity contribution in [1.82, 2.24) is 15.3 Å². The molecule has 1 aliphatic heterocycles. The number of thiazole rings is 1. The van der Waals surface area contributed by atoms with Crippen molar-refractivity contribution >= 4 is 28.9 Å². The average Bonchev–Trinajstić information content (AvgIpc) is 3.00. The molecule has 0 aliphatic carbocycles. The summed E-state index contributed by atoms with van der Waals surface area (Å²) < 4.78 is 5.36. The Labute approximate surface area is 138 Å². The molecule has 0 bridgehead atoms. The van der Waals surface area contributed by atoms with Gasteiger partial charge in [-0.15, -0.1) is 11.3 Å². The predicted octanol–water partition coefficient (Wildman–Crippen LogP) is 2.00. The Bertz CT molecular complexity index is 669. The fourth-order valence-corrected chi connectivity index (χ4v) is 3.04. The van der Waals surface area contributed by atoms with Crippen molar-refractivity contribution in [2.75, 3.05) is 36.5 Å². The summed E-state index contributed by atoms with van der Waals surface area (Å²) >= 11 is 1.54. The molecule has 0 atom stereocenters. The number of hydrogen-bond acceptors (Lipinski definition) is 6. The van der Waals surface area contributed by atoms with E-state index in [0.29, 0.717) is 25.4 Å². The van der Waals surface area contributed by atoms with Crippen LogP contribution in [-0.4, -0.2) is 42.3 Å². The number of aromatic nitrogens is 2. The number of hydrogen-bond donors (Lipinski definition) is 2. The lowest BCUT2D eigenvalue weighted by molar-refractivity contribution is 0.122. The Morgan fingerprint density at radius 2 is 2.26 bits per heavy atom. The number of anilines is 2. The van der Waals surface area contributed by atoms with E-state index in [-0.39, 0.29) is 6.03 Å². The van der Waals surface area contributed by atoms with Gasteiger partial charge in [-0.05, 0) is 19.1 Å². The molecule has 3 heterocycles. The van der Waals surface area contributed by atoms with Crippen LogP contribution < -0.4 is 15.5 Å². The number of pyridine rings is 1. The Balaban J connectivity index is 1.61. The Morgan fingerprint density at radius 3 is 3.00 bits per heavy atom. The second-order valence-corrected chi connectivity index (χ2v) is 6.11. The molecule has 3 rings (SSSR count). The maximum atomic E-state index is 12.1. The number of ether oxygens (including phenoxy) is 1. The monoisotopic (exact) mass is 333 g/mol. The highest BCUT2D eigenvalue weighted by molar-refractivity contribution is 7.09. The molecule has 2 aromatic heterocycles. The molecule has 23 heavy (non-hydrogen) atoms. The standard InChI is InChI=1S/C15H19N5O2S/c1-11-10-23-13(18-11)9-17-15(21)19-12-3-2-4-16-14(12)20-5-7-22-8-6-20/h2-4,10H,5-9H2,1H3,(H2,17,19,21). The third-order valence-electron chi connectivity index (χ3n) is 3.41. The molecule has 0 unspecified atom stereocenters. The van der Waals surface area contributed by atoms with Crippen LogP contribution in [0.3, 0.4) is 0 Å². The van der Waals surface area contributed by atoms with Crippen LogP contribution in [0.5, 0.6) is 0 Å². The summed E-state index contributed by atoms with van der Waals surface area (Å²) in [6.07, 6.45) is 1.73. The fourth-order valence-electron chi connectivity index (χ4n) is 2.33. The SMILES string of the molecule is Cc1csc(CNC(=O)Nc2cccnc2N2CCOCC2)n1. The van der Waals surface area contributed by atoms with Crippen molar-refractivity contribution < 1.29 is 9.53 Å². The lowest BCUT2D eigenvalue weighted by Crippen LogP contribution is -2.38. The molecule has 1 aliphatic rings. The number of nitrogens with zero attached hydrogens (tertiary/aromatic N) is 3. The van der Waals surface area contributed by atoms with Crippen molar-refractivity contribution in [3.05, 3.63) is 34.4 Å².